The van der Waals surface area contributed by atoms with Crippen LogP contribution in [0.15, 0.2) is 42.5 Å². The summed E-state index contributed by atoms with van der Waals surface area (Å²) >= 11 is 0. The van der Waals surface area contributed by atoms with Crippen LogP contribution in [-0.4, -0.2) is 24.4 Å². The third kappa shape index (κ3) is 4.18. The lowest BCUT2D eigenvalue weighted by atomic mass is 9.97. The van der Waals surface area contributed by atoms with Crippen molar-refractivity contribution >= 4 is 17.5 Å². The molecule has 142 valence electrons. The van der Waals surface area contributed by atoms with Gasteiger partial charge in [-0.05, 0) is 55.5 Å². The quantitative estimate of drug-likeness (QED) is 0.891. The molecule has 2 aromatic rings. The van der Waals surface area contributed by atoms with Crippen molar-refractivity contribution in [2.24, 2.45) is 5.92 Å². The van der Waals surface area contributed by atoms with Gasteiger partial charge in [-0.15, -0.1) is 0 Å². The SMILES string of the molecule is Cc1ccc(C(=O)NC(C(=O)N2CCCc3ccc(F)cc32)C(C)C)cc1. The molecule has 0 saturated heterocycles. The van der Waals surface area contributed by atoms with Gasteiger partial charge in [-0.25, -0.2) is 4.39 Å². The van der Waals surface area contributed by atoms with Crippen LogP contribution in [0, 0.1) is 18.7 Å². The molecule has 27 heavy (non-hydrogen) atoms. The van der Waals surface area contributed by atoms with E-state index in [1.54, 1.807) is 23.1 Å². The molecular weight excluding hydrogens is 343 g/mol. The van der Waals surface area contributed by atoms with Crippen LogP contribution in [0.5, 0.6) is 0 Å². The maximum absolute atomic E-state index is 13.7. The third-order valence-corrected chi connectivity index (χ3v) is 4.97. The molecule has 0 saturated carbocycles. The highest BCUT2D eigenvalue weighted by Crippen LogP contribution is 2.29. The van der Waals surface area contributed by atoms with Gasteiger partial charge in [0.05, 0.1) is 0 Å². The molecule has 2 amide bonds. The van der Waals surface area contributed by atoms with E-state index in [9.17, 15) is 14.0 Å². The first kappa shape index (κ1) is 19.1. The van der Waals surface area contributed by atoms with Crippen LogP contribution in [0.25, 0.3) is 0 Å². The Morgan fingerprint density at radius 2 is 1.81 bits per heavy atom. The van der Waals surface area contributed by atoms with Gasteiger partial charge in [0.1, 0.15) is 11.9 Å². The Balaban J connectivity index is 1.83. The summed E-state index contributed by atoms with van der Waals surface area (Å²) in [5, 5.41) is 2.87. The Kier molecular flexibility index (Phi) is 5.59. The first-order valence-electron chi connectivity index (χ1n) is 9.34. The van der Waals surface area contributed by atoms with Gasteiger partial charge in [0.25, 0.3) is 5.91 Å². The third-order valence-electron chi connectivity index (χ3n) is 4.97. The minimum atomic E-state index is -0.673. The zero-order chi connectivity index (χ0) is 19.6. The van der Waals surface area contributed by atoms with Crippen molar-refractivity contribution in [3.63, 3.8) is 0 Å². The normalized spacial score (nSPS) is 14.6. The molecule has 4 nitrogen and oxygen atoms in total. The summed E-state index contributed by atoms with van der Waals surface area (Å²) in [6, 6.07) is 11.1. The molecule has 0 aliphatic carbocycles. The zero-order valence-electron chi connectivity index (χ0n) is 16.0. The van der Waals surface area contributed by atoms with Crippen molar-refractivity contribution in [2.75, 3.05) is 11.4 Å². The molecule has 5 heteroatoms. The predicted molar refractivity (Wildman–Crippen MR) is 104 cm³/mol. The molecular formula is C22H25FN2O2. The smallest absolute Gasteiger partial charge is 0.251 e. The molecule has 0 radical (unpaired) electrons. The fourth-order valence-corrected chi connectivity index (χ4v) is 3.39. The molecule has 1 unspecified atom stereocenters. The number of carbonyl (C=O) groups is 2. The second-order valence-electron chi connectivity index (χ2n) is 7.43. The van der Waals surface area contributed by atoms with Crippen molar-refractivity contribution in [2.45, 2.75) is 39.7 Å². The molecule has 0 bridgehead atoms. The molecule has 1 aliphatic heterocycles. The summed E-state index contributed by atoms with van der Waals surface area (Å²) < 4.78 is 13.7. The molecule has 1 aliphatic rings. The van der Waals surface area contributed by atoms with Crippen molar-refractivity contribution in [1.29, 1.82) is 0 Å². The van der Waals surface area contributed by atoms with E-state index in [4.69, 9.17) is 0 Å². The second-order valence-corrected chi connectivity index (χ2v) is 7.43. The molecule has 1 N–H and O–H groups in total. The summed E-state index contributed by atoms with van der Waals surface area (Å²) in [7, 11) is 0. The lowest BCUT2D eigenvalue weighted by Crippen LogP contribution is -2.52. The van der Waals surface area contributed by atoms with Crippen LogP contribution in [0.3, 0.4) is 0 Å². The molecule has 1 heterocycles. The van der Waals surface area contributed by atoms with Gasteiger partial charge in [0, 0.05) is 17.8 Å². The van der Waals surface area contributed by atoms with Crippen LogP contribution in [-0.2, 0) is 11.2 Å². The number of rotatable bonds is 4. The monoisotopic (exact) mass is 368 g/mol. The zero-order valence-corrected chi connectivity index (χ0v) is 16.0. The first-order chi connectivity index (χ1) is 12.9. The van der Waals surface area contributed by atoms with Gasteiger partial charge in [0.15, 0.2) is 0 Å². The van der Waals surface area contributed by atoms with E-state index < -0.39 is 6.04 Å². The van der Waals surface area contributed by atoms with Gasteiger partial charge in [0.2, 0.25) is 5.91 Å². The number of nitrogens with zero attached hydrogens (tertiary/aromatic N) is 1. The molecule has 0 aromatic heterocycles. The van der Waals surface area contributed by atoms with Gasteiger partial charge in [-0.1, -0.05) is 37.6 Å². The van der Waals surface area contributed by atoms with E-state index in [-0.39, 0.29) is 23.5 Å². The highest BCUT2D eigenvalue weighted by Gasteiger charge is 2.32. The maximum Gasteiger partial charge on any atom is 0.251 e. The van der Waals surface area contributed by atoms with E-state index in [0.29, 0.717) is 17.8 Å². The standard InChI is InChI=1S/C22H25FN2O2/c1-14(2)20(24-21(26)17-8-6-15(3)7-9-17)22(27)25-12-4-5-16-10-11-18(23)13-19(16)25/h6-11,13-14,20H,4-5,12H2,1-3H3,(H,24,26). The van der Waals surface area contributed by atoms with E-state index in [0.717, 1.165) is 24.0 Å². The van der Waals surface area contributed by atoms with E-state index >= 15 is 0 Å². The van der Waals surface area contributed by atoms with Crippen molar-refractivity contribution in [1.82, 2.24) is 5.32 Å². The Hall–Kier alpha value is -2.69. The molecule has 0 fully saturated rings. The number of hydrogen-bond donors (Lipinski definition) is 1. The number of amides is 2. The van der Waals surface area contributed by atoms with Crippen LogP contribution in [0.4, 0.5) is 10.1 Å². The van der Waals surface area contributed by atoms with Crippen molar-refractivity contribution in [3.05, 3.63) is 65.0 Å². The van der Waals surface area contributed by atoms with E-state index in [2.05, 4.69) is 5.32 Å². The second kappa shape index (κ2) is 7.91. The topological polar surface area (TPSA) is 49.4 Å². The van der Waals surface area contributed by atoms with Gasteiger partial charge >= 0.3 is 0 Å². The maximum atomic E-state index is 13.7. The average Bonchev–Trinajstić information content (AvgIpc) is 2.65. The number of halogens is 1. The average molecular weight is 368 g/mol. The molecule has 2 aromatic carbocycles. The van der Waals surface area contributed by atoms with Crippen LogP contribution < -0.4 is 10.2 Å². The lowest BCUT2D eigenvalue weighted by molar-refractivity contribution is -0.121. The van der Waals surface area contributed by atoms with Gasteiger partial charge in [-0.2, -0.15) is 0 Å². The minimum Gasteiger partial charge on any atom is -0.340 e. The highest BCUT2D eigenvalue weighted by molar-refractivity contribution is 6.03. The first-order valence-corrected chi connectivity index (χ1v) is 9.34. The van der Waals surface area contributed by atoms with Gasteiger partial charge < -0.3 is 10.2 Å². The number of fused-ring (bicyclic) bond motifs is 1. The summed E-state index contributed by atoms with van der Waals surface area (Å²) in [4.78, 5) is 27.5. The predicted octanol–water partition coefficient (Wildman–Crippen LogP) is 3.87. The largest absolute Gasteiger partial charge is 0.340 e. The number of anilines is 1. The number of benzene rings is 2. The summed E-state index contributed by atoms with van der Waals surface area (Å²) in [6.07, 6.45) is 1.64. The fourth-order valence-electron chi connectivity index (χ4n) is 3.39. The fraction of sp³-hybridized carbons (Fsp3) is 0.364. The van der Waals surface area contributed by atoms with Gasteiger partial charge in [-0.3, -0.25) is 9.59 Å². The Labute approximate surface area is 159 Å². The molecule has 1 atom stereocenters. The number of hydrogen-bond acceptors (Lipinski definition) is 2. The number of nitrogens with one attached hydrogen (secondary N) is 1. The van der Waals surface area contributed by atoms with Crippen molar-refractivity contribution < 1.29 is 14.0 Å². The summed E-state index contributed by atoms with van der Waals surface area (Å²) in [6.45, 7) is 6.27. The van der Waals surface area contributed by atoms with E-state index in [1.807, 2.05) is 32.9 Å². The van der Waals surface area contributed by atoms with Crippen LogP contribution in [0.1, 0.15) is 41.8 Å². The Morgan fingerprint density at radius 3 is 2.48 bits per heavy atom. The summed E-state index contributed by atoms with van der Waals surface area (Å²) in [5.74, 6) is -0.931. The molecule has 3 rings (SSSR count). The molecule has 0 spiro atoms. The number of aryl methyl sites for hydroxylation is 2. The lowest BCUT2D eigenvalue weighted by Gasteiger charge is -2.34. The van der Waals surface area contributed by atoms with Crippen LogP contribution in [0.2, 0.25) is 0 Å². The Morgan fingerprint density at radius 1 is 1.11 bits per heavy atom. The number of carbonyl (C=O) groups excluding carboxylic acids is 2. The summed E-state index contributed by atoms with van der Waals surface area (Å²) in [5.41, 5.74) is 3.16. The van der Waals surface area contributed by atoms with E-state index in [1.165, 1.54) is 12.1 Å². The minimum absolute atomic E-state index is 0.0918. The van der Waals surface area contributed by atoms with Crippen LogP contribution >= 0.6 is 0 Å². The highest BCUT2D eigenvalue weighted by atomic mass is 19.1. The van der Waals surface area contributed by atoms with Crippen molar-refractivity contribution in [3.8, 4) is 0 Å². The Bertz CT molecular complexity index is 846.